The largest absolute Gasteiger partial charge is 0.444 e. The van der Waals surface area contributed by atoms with Crippen molar-refractivity contribution in [3.05, 3.63) is 28.2 Å². The highest BCUT2D eigenvalue weighted by Crippen LogP contribution is 2.46. The molecule has 20 heavy (non-hydrogen) atoms. The first-order valence-corrected chi connectivity index (χ1v) is 7.54. The summed E-state index contributed by atoms with van der Waals surface area (Å²) in [5.41, 5.74) is 1.49. The summed E-state index contributed by atoms with van der Waals surface area (Å²) in [5, 5.41) is 6.14. The molecule has 0 aliphatic heterocycles. The average molecular weight is 341 g/mol. The first kappa shape index (κ1) is 15.3. The Bertz CT molecular complexity index is 519. The third kappa shape index (κ3) is 3.52. The maximum absolute atomic E-state index is 11.9. The predicted octanol–water partition coefficient (Wildman–Crippen LogP) is 4.00. The van der Waals surface area contributed by atoms with E-state index >= 15 is 0 Å². The van der Waals surface area contributed by atoms with E-state index in [0.717, 1.165) is 23.0 Å². The van der Waals surface area contributed by atoms with Crippen molar-refractivity contribution in [1.82, 2.24) is 5.32 Å². The van der Waals surface area contributed by atoms with Gasteiger partial charge in [0.15, 0.2) is 0 Å². The minimum Gasteiger partial charge on any atom is -0.444 e. The number of carbonyl (C=O) groups is 1. The molecule has 1 aliphatic carbocycles. The maximum Gasteiger partial charge on any atom is 0.412 e. The lowest BCUT2D eigenvalue weighted by Crippen LogP contribution is -2.28. The van der Waals surface area contributed by atoms with Gasteiger partial charge in [-0.3, -0.25) is 5.32 Å². The van der Waals surface area contributed by atoms with Crippen LogP contribution in [0.25, 0.3) is 0 Å². The van der Waals surface area contributed by atoms with Gasteiger partial charge in [0.25, 0.3) is 0 Å². The molecule has 1 saturated carbocycles. The number of halogens is 1. The van der Waals surface area contributed by atoms with Crippen molar-refractivity contribution in [2.75, 3.05) is 12.4 Å². The molecule has 0 unspecified atom stereocenters. The molecule has 1 aromatic carbocycles. The fourth-order valence-electron chi connectivity index (χ4n) is 2.14. The van der Waals surface area contributed by atoms with Gasteiger partial charge in [-0.05, 0) is 74.3 Å². The van der Waals surface area contributed by atoms with Crippen molar-refractivity contribution in [3.8, 4) is 0 Å². The van der Waals surface area contributed by atoms with Crippen LogP contribution in [0.15, 0.2) is 22.7 Å². The molecule has 0 aromatic heterocycles. The molecule has 1 fully saturated rings. The van der Waals surface area contributed by atoms with E-state index in [0.29, 0.717) is 0 Å². The van der Waals surface area contributed by atoms with Crippen molar-refractivity contribution >= 4 is 27.7 Å². The van der Waals surface area contributed by atoms with E-state index < -0.39 is 11.7 Å². The number of anilines is 1. The fraction of sp³-hybridized carbons (Fsp3) is 0.533. The van der Waals surface area contributed by atoms with E-state index in [9.17, 15) is 4.79 Å². The molecule has 4 nitrogen and oxygen atoms in total. The monoisotopic (exact) mass is 340 g/mol. The lowest BCUT2D eigenvalue weighted by molar-refractivity contribution is 0.0636. The number of hydrogen-bond donors (Lipinski definition) is 2. The van der Waals surface area contributed by atoms with Gasteiger partial charge in [-0.25, -0.2) is 4.79 Å². The average Bonchev–Trinajstić information content (AvgIpc) is 3.10. The maximum atomic E-state index is 11.9. The predicted molar refractivity (Wildman–Crippen MR) is 84.0 cm³/mol. The minimum atomic E-state index is -0.503. The highest BCUT2D eigenvalue weighted by Gasteiger charge is 2.42. The summed E-state index contributed by atoms with van der Waals surface area (Å²) in [4.78, 5) is 11.9. The van der Waals surface area contributed by atoms with E-state index in [1.54, 1.807) is 0 Å². The van der Waals surface area contributed by atoms with Gasteiger partial charge >= 0.3 is 6.09 Å². The summed E-state index contributed by atoms with van der Waals surface area (Å²) in [5.74, 6) is 0. The van der Waals surface area contributed by atoms with E-state index in [2.05, 4.69) is 32.6 Å². The standard InChI is InChI=1S/C15H21BrN2O2/c1-14(2,3)20-13(19)18-12-9-10(5-6-11(12)16)15(17-4)7-8-15/h5-6,9,17H,7-8H2,1-4H3,(H,18,19). The van der Waals surface area contributed by atoms with Gasteiger partial charge in [0, 0.05) is 10.0 Å². The second-order valence-electron chi connectivity index (χ2n) is 6.15. The number of benzene rings is 1. The second kappa shape index (κ2) is 5.37. The molecule has 0 heterocycles. The fourth-order valence-corrected chi connectivity index (χ4v) is 2.49. The molecular formula is C15H21BrN2O2. The van der Waals surface area contributed by atoms with E-state index in [4.69, 9.17) is 4.74 Å². The van der Waals surface area contributed by atoms with Crippen LogP contribution in [0, 0.1) is 0 Å². The van der Waals surface area contributed by atoms with Crippen molar-refractivity contribution in [3.63, 3.8) is 0 Å². The quantitative estimate of drug-likeness (QED) is 0.874. The van der Waals surface area contributed by atoms with E-state index in [1.165, 1.54) is 5.56 Å². The summed E-state index contributed by atoms with van der Waals surface area (Å²) in [6.45, 7) is 5.54. The highest BCUT2D eigenvalue weighted by atomic mass is 79.9. The van der Waals surface area contributed by atoms with Crippen molar-refractivity contribution < 1.29 is 9.53 Å². The molecule has 2 N–H and O–H groups in total. The molecule has 1 amide bonds. The van der Waals surface area contributed by atoms with E-state index in [-0.39, 0.29) is 5.54 Å². The Morgan fingerprint density at radius 1 is 1.35 bits per heavy atom. The molecule has 0 bridgehead atoms. The molecule has 1 aromatic rings. The van der Waals surface area contributed by atoms with Crippen LogP contribution in [-0.4, -0.2) is 18.7 Å². The Hall–Kier alpha value is -1.07. The highest BCUT2D eigenvalue weighted by molar-refractivity contribution is 9.10. The van der Waals surface area contributed by atoms with Crippen LogP contribution in [0.3, 0.4) is 0 Å². The Morgan fingerprint density at radius 2 is 2.00 bits per heavy atom. The number of hydrogen-bond acceptors (Lipinski definition) is 3. The summed E-state index contributed by atoms with van der Waals surface area (Å²) < 4.78 is 6.12. The Morgan fingerprint density at radius 3 is 2.50 bits per heavy atom. The summed E-state index contributed by atoms with van der Waals surface area (Å²) in [7, 11) is 1.97. The third-order valence-corrected chi connectivity index (χ3v) is 4.07. The first-order chi connectivity index (χ1) is 9.26. The molecule has 0 atom stereocenters. The zero-order chi connectivity index (χ0) is 15.0. The SMILES string of the molecule is CNC1(c2ccc(Br)c(NC(=O)OC(C)(C)C)c2)CC1. The van der Waals surface area contributed by atoms with Crippen LogP contribution in [-0.2, 0) is 10.3 Å². The van der Waals surface area contributed by atoms with Gasteiger partial charge in [-0.15, -0.1) is 0 Å². The van der Waals surface area contributed by atoms with Gasteiger partial charge in [-0.2, -0.15) is 0 Å². The smallest absolute Gasteiger partial charge is 0.412 e. The Balaban J connectivity index is 2.15. The second-order valence-corrected chi connectivity index (χ2v) is 7.01. The van der Waals surface area contributed by atoms with Gasteiger partial charge in [0.2, 0.25) is 0 Å². The van der Waals surface area contributed by atoms with Crippen LogP contribution in [0.1, 0.15) is 39.2 Å². The summed E-state index contributed by atoms with van der Waals surface area (Å²) >= 11 is 3.46. The molecule has 2 rings (SSSR count). The lowest BCUT2D eigenvalue weighted by Gasteiger charge is -2.21. The number of rotatable bonds is 3. The van der Waals surface area contributed by atoms with Crippen LogP contribution < -0.4 is 10.6 Å². The molecule has 0 saturated heterocycles. The summed E-state index contributed by atoms with van der Waals surface area (Å²) in [6, 6.07) is 6.03. The third-order valence-electron chi connectivity index (χ3n) is 3.38. The number of carbonyl (C=O) groups excluding carboxylic acids is 1. The van der Waals surface area contributed by atoms with Crippen LogP contribution in [0.4, 0.5) is 10.5 Å². The van der Waals surface area contributed by atoms with Crippen molar-refractivity contribution in [2.24, 2.45) is 0 Å². The number of nitrogens with one attached hydrogen (secondary N) is 2. The molecular weight excluding hydrogens is 320 g/mol. The van der Waals surface area contributed by atoms with Crippen LogP contribution in [0.5, 0.6) is 0 Å². The summed E-state index contributed by atoms with van der Waals surface area (Å²) in [6.07, 6.45) is 1.80. The van der Waals surface area contributed by atoms with E-state index in [1.807, 2.05) is 40.0 Å². The molecule has 0 radical (unpaired) electrons. The molecule has 1 aliphatic rings. The van der Waals surface area contributed by atoms with Crippen molar-refractivity contribution in [2.45, 2.75) is 44.8 Å². The van der Waals surface area contributed by atoms with Crippen molar-refractivity contribution in [1.29, 1.82) is 0 Å². The lowest BCUT2D eigenvalue weighted by atomic mass is 10.0. The zero-order valence-electron chi connectivity index (χ0n) is 12.3. The topological polar surface area (TPSA) is 50.4 Å². The molecule has 5 heteroatoms. The van der Waals surface area contributed by atoms with Crippen LogP contribution >= 0.6 is 15.9 Å². The van der Waals surface area contributed by atoms with Crippen LogP contribution in [0.2, 0.25) is 0 Å². The minimum absolute atomic E-state index is 0.0745. The van der Waals surface area contributed by atoms with Gasteiger partial charge in [0.05, 0.1) is 5.69 Å². The Kier molecular flexibility index (Phi) is 4.12. The number of ether oxygens (including phenoxy) is 1. The first-order valence-electron chi connectivity index (χ1n) is 6.75. The van der Waals surface area contributed by atoms with Gasteiger partial charge in [-0.1, -0.05) is 6.07 Å². The Labute approximate surface area is 128 Å². The zero-order valence-corrected chi connectivity index (χ0v) is 13.9. The number of amides is 1. The van der Waals surface area contributed by atoms with Gasteiger partial charge in [0.1, 0.15) is 5.60 Å². The normalized spacial score (nSPS) is 16.6. The molecule has 110 valence electrons. The van der Waals surface area contributed by atoms with Gasteiger partial charge < -0.3 is 10.1 Å². The molecule has 0 spiro atoms.